The zero-order valence-corrected chi connectivity index (χ0v) is 18.6. The van der Waals surface area contributed by atoms with E-state index in [4.69, 9.17) is 14.2 Å². The fraction of sp³-hybridized carbons (Fsp3) is 0.296. The van der Waals surface area contributed by atoms with Crippen LogP contribution in [0.15, 0.2) is 72.8 Å². The Hall–Kier alpha value is -3.47. The first-order chi connectivity index (χ1) is 15.7. The molecule has 5 nitrogen and oxygen atoms in total. The van der Waals surface area contributed by atoms with Gasteiger partial charge in [0.25, 0.3) is 0 Å². The van der Waals surface area contributed by atoms with Gasteiger partial charge in [-0.2, -0.15) is 0 Å². The number of hydrogen-bond donors (Lipinski definition) is 0. The smallest absolute Gasteiger partial charge is 0.223 e. The average Bonchev–Trinajstić information content (AvgIpc) is 2.85. The van der Waals surface area contributed by atoms with Gasteiger partial charge >= 0.3 is 0 Å². The van der Waals surface area contributed by atoms with Crippen molar-refractivity contribution in [2.75, 3.05) is 14.2 Å². The number of nitrogens with zero attached hydrogens (tertiary/aromatic N) is 1. The molecule has 0 spiro atoms. The Kier molecular flexibility index (Phi) is 6.95. The van der Waals surface area contributed by atoms with Gasteiger partial charge in [0.05, 0.1) is 25.8 Å². The van der Waals surface area contributed by atoms with Gasteiger partial charge in [0.15, 0.2) is 0 Å². The van der Waals surface area contributed by atoms with E-state index in [1.165, 1.54) is 0 Å². The van der Waals surface area contributed by atoms with Crippen molar-refractivity contribution in [2.45, 2.75) is 38.5 Å². The maximum atomic E-state index is 12.9. The van der Waals surface area contributed by atoms with Crippen LogP contribution in [0.5, 0.6) is 17.2 Å². The maximum Gasteiger partial charge on any atom is 0.223 e. The van der Waals surface area contributed by atoms with Gasteiger partial charge in [-0.05, 0) is 48.2 Å². The highest BCUT2D eigenvalue weighted by Gasteiger charge is 2.33. The summed E-state index contributed by atoms with van der Waals surface area (Å²) >= 11 is 0. The molecular weight excluding hydrogens is 402 g/mol. The SMILES string of the molecule is COc1cccc(OC)c1C1CCCC(=O)N1Cc1ccc(OCc2ccccc2)cc1. The molecule has 4 rings (SSSR count). The Labute approximate surface area is 189 Å². The second kappa shape index (κ2) is 10.2. The molecule has 1 heterocycles. The van der Waals surface area contributed by atoms with Gasteiger partial charge in [0.1, 0.15) is 23.9 Å². The van der Waals surface area contributed by atoms with Crippen molar-refractivity contribution in [3.8, 4) is 17.2 Å². The molecular formula is C27H29NO4. The third kappa shape index (κ3) is 4.88. The Morgan fingerprint density at radius 2 is 1.53 bits per heavy atom. The van der Waals surface area contributed by atoms with Crippen molar-refractivity contribution in [1.82, 2.24) is 4.90 Å². The van der Waals surface area contributed by atoms with E-state index in [1.54, 1.807) is 14.2 Å². The molecule has 0 bridgehead atoms. The van der Waals surface area contributed by atoms with Crippen LogP contribution in [0.4, 0.5) is 0 Å². The van der Waals surface area contributed by atoms with Crippen molar-refractivity contribution in [1.29, 1.82) is 0 Å². The van der Waals surface area contributed by atoms with E-state index in [0.717, 1.165) is 46.8 Å². The third-order valence-electron chi connectivity index (χ3n) is 5.89. The van der Waals surface area contributed by atoms with Gasteiger partial charge in [0, 0.05) is 13.0 Å². The van der Waals surface area contributed by atoms with Crippen molar-refractivity contribution in [2.24, 2.45) is 0 Å². The molecule has 1 aliphatic heterocycles. The number of piperidine rings is 1. The molecule has 3 aromatic carbocycles. The van der Waals surface area contributed by atoms with Gasteiger partial charge in [0.2, 0.25) is 5.91 Å². The van der Waals surface area contributed by atoms with Crippen LogP contribution in [-0.4, -0.2) is 25.0 Å². The van der Waals surface area contributed by atoms with Crippen LogP contribution in [0.25, 0.3) is 0 Å². The van der Waals surface area contributed by atoms with Crippen LogP contribution >= 0.6 is 0 Å². The number of methoxy groups -OCH3 is 2. The summed E-state index contributed by atoms with van der Waals surface area (Å²) in [4.78, 5) is 14.9. The lowest BCUT2D eigenvalue weighted by molar-refractivity contribution is -0.137. The van der Waals surface area contributed by atoms with Crippen LogP contribution < -0.4 is 14.2 Å². The fourth-order valence-corrected chi connectivity index (χ4v) is 4.26. The number of likely N-dealkylation sites (tertiary alicyclic amines) is 1. The summed E-state index contributed by atoms with van der Waals surface area (Å²) in [6, 6.07) is 23.7. The van der Waals surface area contributed by atoms with E-state index in [0.29, 0.717) is 19.6 Å². The summed E-state index contributed by atoms with van der Waals surface area (Å²) in [7, 11) is 3.31. The highest BCUT2D eigenvalue weighted by molar-refractivity contribution is 5.78. The largest absolute Gasteiger partial charge is 0.496 e. The van der Waals surface area contributed by atoms with Crippen LogP contribution in [0.1, 0.15) is 42.0 Å². The second-order valence-corrected chi connectivity index (χ2v) is 7.92. The van der Waals surface area contributed by atoms with E-state index in [2.05, 4.69) is 0 Å². The predicted octanol–water partition coefficient (Wildman–Crippen LogP) is 5.54. The van der Waals surface area contributed by atoms with E-state index in [-0.39, 0.29) is 11.9 Å². The first kappa shape index (κ1) is 21.8. The van der Waals surface area contributed by atoms with Crippen molar-refractivity contribution in [3.63, 3.8) is 0 Å². The summed E-state index contributed by atoms with van der Waals surface area (Å²) < 4.78 is 17.1. The molecule has 0 aromatic heterocycles. The van der Waals surface area contributed by atoms with E-state index in [9.17, 15) is 4.79 Å². The molecule has 1 atom stereocenters. The minimum atomic E-state index is -0.0867. The molecule has 1 saturated heterocycles. The molecule has 1 amide bonds. The lowest BCUT2D eigenvalue weighted by Crippen LogP contribution is -2.38. The molecule has 1 fully saturated rings. The van der Waals surface area contributed by atoms with Crippen LogP contribution in [0.2, 0.25) is 0 Å². The van der Waals surface area contributed by atoms with E-state index < -0.39 is 0 Å². The number of carbonyl (C=O) groups excluding carboxylic acids is 1. The number of carbonyl (C=O) groups is 1. The van der Waals surface area contributed by atoms with Gasteiger partial charge in [-0.15, -0.1) is 0 Å². The van der Waals surface area contributed by atoms with Crippen LogP contribution in [0, 0.1) is 0 Å². The molecule has 1 aliphatic rings. The average molecular weight is 432 g/mol. The predicted molar refractivity (Wildman–Crippen MR) is 124 cm³/mol. The Bertz CT molecular complexity index is 1010. The Morgan fingerprint density at radius 1 is 0.844 bits per heavy atom. The summed E-state index contributed by atoms with van der Waals surface area (Å²) in [5.74, 6) is 2.46. The van der Waals surface area contributed by atoms with Gasteiger partial charge in [-0.25, -0.2) is 0 Å². The zero-order chi connectivity index (χ0) is 22.3. The summed E-state index contributed by atoms with van der Waals surface area (Å²) in [6.45, 7) is 1.06. The topological polar surface area (TPSA) is 48.0 Å². The highest BCUT2D eigenvalue weighted by Crippen LogP contribution is 2.42. The minimum absolute atomic E-state index is 0.0867. The standard InChI is InChI=1S/C27H29NO4/c1-30-24-11-7-12-25(31-2)27(24)23-10-6-13-26(29)28(23)18-20-14-16-22(17-15-20)32-19-21-8-4-3-5-9-21/h3-5,7-9,11-12,14-17,23H,6,10,13,18-19H2,1-2H3. The zero-order valence-electron chi connectivity index (χ0n) is 18.6. The molecule has 166 valence electrons. The van der Waals surface area contributed by atoms with E-state index >= 15 is 0 Å². The van der Waals surface area contributed by atoms with Crippen LogP contribution in [0.3, 0.4) is 0 Å². The monoisotopic (exact) mass is 431 g/mol. The number of rotatable bonds is 8. The molecule has 0 aliphatic carbocycles. The van der Waals surface area contributed by atoms with Crippen molar-refractivity contribution < 1.29 is 19.0 Å². The first-order valence-corrected chi connectivity index (χ1v) is 11.0. The second-order valence-electron chi connectivity index (χ2n) is 7.92. The molecule has 0 saturated carbocycles. The molecule has 3 aromatic rings. The summed E-state index contributed by atoms with van der Waals surface area (Å²) in [5, 5.41) is 0. The van der Waals surface area contributed by atoms with Crippen molar-refractivity contribution in [3.05, 3.63) is 89.5 Å². The molecule has 0 radical (unpaired) electrons. The maximum absolute atomic E-state index is 12.9. The van der Waals surface area contributed by atoms with Crippen molar-refractivity contribution >= 4 is 5.91 Å². The number of benzene rings is 3. The summed E-state index contributed by atoms with van der Waals surface area (Å²) in [5.41, 5.74) is 3.13. The highest BCUT2D eigenvalue weighted by atomic mass is 16.5. The van der Waals surface area contributed by atoms with Gasteiger partial charge < -0.3 is 19.1 Å². The quantitative estimate of drug-likeness (QED) is 0.470. The molecule has 0 N–H and O–H groups in total. The lowest BCUT2D eigenvalue weighted by Gasteiger charge is -2.37. The molecule has 5 heteroatoms. The first-order valence-electron chi connectivity index (χ1n) is 11.0. The molecule has 1 unspecified atom stereocenters. The van der Waals surface area contributed by atoms with E-state index in [1.807, 2.05) is 77.7 Å². The summed E-state index contributed by atoms with van der Waals surface area (Å²) in [6.07, 6.45) is 2.29. The van der Waals surface area contributed by atoms with Gasteiger partial charge in [-0.3, -0.25) is 4.79 Å². The normalized spacial score (nSPS) is 16.0. The minimum Gasteiger partial charge on any atom is -0.496 e. The van der Waals surface area contributed by atoms with Gasteiger partial charge in [-0.1, -0.05) is 48.5 Å². The van der Waals surface area contributed by atoms with Crippen LogP contribution in [-0.2, 0) is 17.9 Å². The third-order valence-corrected chi connectivity index (χ3v) is 5.89. The molecule has 32 heavy (non-hydrogen) atoms. The number of amides is 1. The number of ether oxygens (including phenoxy) is 3. The lowest BCUT2D eigenvalue weighted by atomic mass is 9.92. The number of hydrogen-bond acceptors (Lipinski definition) is 4. The Balaban J connectivity index is 1.51. The Morgan fingerprint density at radius 3 is 2.19 bits per heavy atom. The fourth-order valence-electron chi connectivity index (χ4n) is 4.26.